The van der Waals surface area contributed by atoms with Crippen molar-refractivity contribution >= 4 is 5.97 Å². The minimum atomic E-state index is -0.319. The fraction of sp³-hybridized carbons (Fsp3) is 0.467. The van der Waals surface area contributed by atoms with Gasteiger partial charge in [0, 0.05) is 6.54 Å². The van der Waals surface area contributed by atoms with E-state index in [2.05, 4.69) is 6.07 Å². The van der Waals surface area contributed by atoms with E-state index >= 15 is 0 Å². The van der Waals surface area contributed by atoms with Gasteiger partial charge in [0.1, 0.15) is 6.04 Å². The topological polar surface area (TPSA) is 53.3 Å². The molecule has 0 aliphatic carbocycles. The van der Waals surface area contributed by atoms with E-state index in [9.17, 15) is 10.1 Å². The molecule has 0 aliphatic rings. The van der Waals surface area contributed by atoms with Crippen LogP contribution in [0.25, 0.3) is 0 Å². The predicted molar refractivity (Wildman–Crippen MR) is 73.3 cm³/mol. The summed E-state index contributed by atoms with van der Waals surface area (Å²) in [5.74, 6) is -0.217. The molecule has 4 nitrogen and oxygen atoms in total. The van der Waals surface area contributed by atoms with Crippen molar-refractivity contribution in [2.75, 3.05) is 19.7 Å². The van der Waals surface area contributed by atoms with Crippen molar-refractivity contribution in [1.82, 2.24) is 4.90 Å². The van der Waals surface area contributed by atoms with Crippen LogP contribution in [0.3, 0.4) is 0 Å². The Morgan fingerprint density at radius 2 is 2.05 bits per heavy atom. The fourth-order valence-electron chi connectivity index (χ4n) is 1.94. The summed E-state index contributed by atoms with van der Waals surface area (Å²) < 4.78 is 4.91. The monoisotopic (exact) mass is 260 g/mol. The van der Waals surface area contributed by atoms with E-state index < -0.39 is 0 Å². The lowest BCUT2D eigenvalue weighted by Gasteiger charge is -2.25. The minimum absolute atomic E-state index is 0.217. The first-order valence-electron chi connectivity index (χ1n) is 6.57. The van der Waals surface area contributed by atoms with Gasteiger partial charge in [-0.3, -0.25) is 9.69 Å². The molecular formula is C15H20N2O2. The van der Waals surface area contributed by atoms with Gasteiger partial charge in [0.2, 0.25) is 0 Å². The lowest BCUT2D eigenvalue weighted by Crippen LogP contribution is -2.30. The number of nitrogens with zero attached hydrogens (tertiary/aromatic N) is 2. The third-order valence-electron chi connectivity index (χ3n) is 2.92. The largest absolute Gasteiger partial charge is 0.466 e. The molecule has 0 fully saturated rings. The third-order valence-corrected chi connectivity index (χ3v) is 2.92. The van der Waals surface area contributed by atoms with Gasteiger partial charge in [-0.1, -0.05) is 37.3 Å². The van der Waals surface area contributed by atoms with Crippen LogP contribution in [0, 0.1) is 11.3 Å². The van der Waals surface area contributed by atoms with Crippen LogP contribution in [0.15, 0.2) is 30.3 Å². The SMILES string of the molecule is CCOC(=O)CCN(CC)C(C#N)c1ccccc1. The lowest BCUT2D eigenvalue weighted by atomic mass is 10.1. The van der Waals surface area contributed by atoms with Gasteiger partial charge in [-0.2, -0.15) is 5.26 Å². The molecule has 0 aromatic heterocycles. The van der Waals surface area contributed by atoms with E-state index in [1.54, 1.807) is 6.92 Å². The summed E-state index contributed by atoms with van der Waals surface area (Å²) in [6.45, 7) is 5.41. The smallest absolute Gasteiger partial charge is 0.307 e. The molecule has 19 heavy (non-hydrogen) atoms. The van der Waals surface area contributed by atoms with Gasteiger partial charge in [-0.15, -0.1) is 0 Å². The van der Waals surface area contributed by atoms with Crippen molar-refractivity contribution in [2.45, 2.75) is 26.3 Å². The molecule has 0 N–H and O–H groups in total. The molecule has 0 spiro atoms. The van der Waals surface area contributed by atoms with Gasteiger partial charge in [0.15, 0.2) is 0 Å². The third kappa shape index (κ3) is 4.72. The van der Waals surface area contributed by atoms with Crippen molar-refractivity contribution in [3.05, 3.63) is 35.9 Å². The molecule has 0 saturated heterocycles. The van der Waals surface area contributed by atoms with Crippen molar-refractivity contribution in [3.8, 4) is 6.07 Å². The number of rotatable bonds is 7. The number of carbonyl (C=O) groups excluding carboxylic acids is 1. The Morgan fingerprint density at radius 1 is 1.37 bits per heavy atom. The van der Waals surface area contributed by atoms with Crippen LogP contribution < -0.4 is 0 Å². The zero-order chi connectivity index (χ0) is 14.1. The second kappa shape index (κ2) is 8.28. The minimum Gasteiger partial charge on any atom is -0.466 e. The second-order valence-electron chi connectivity index (χ2n) is 4.13. The lowest BCUT2D eigenvalue weighted by molar-refractivity contribution is -0.143. The molecule has 1 atom stereocenters. The predicted octanol–water partition coefficient (Wildman–Crippen LogP) is 2.53. The highest BCUT2D eigenvalue weighted by atomic mass is 16.5. The van der Waals surface area contributed by atoms with Gasteiger partial charge >= 0.3 is 5.97 Å². The van der Waals surface area contributed by atoms with Crippen LogP contribution in [0.5, 0.6) is 0 Å². The summed E-state index contributed by atoms with van der Waals surface area (Å²) in [4.78, 5) is 13.4. The van der Waals surface area contributed by atoms with Crippen LogP contribution in [0.2, 0.25) is 0 Å². The Labute approximate surface area is 114 Å². The van der Waals surface area contributed by atoms with Crippen LogP contribution in [-0.4, -0.2) is 30.6 Å². The molecule has 1 unspecified atom stereocenters. The highest BCUT2D eigenvalue weighted by Crippen LogP contribution is 2.19. The van der Waals surface area contributed by atoms with Crippen molar-refractivity contribution in [2.24, 2.45) is 0 Å². The molecule has 0 saturated carbocycles. The molecule has 102 valence electrons. The molecule has 0 amide bonds. The first-order chi connectivity index (χ1) is 9.22. The molecule has 1 aromatic carbocycles. The average molecular weight is 260 g/mol. The molecule has 1 rings (SSSR count). The number of ether oxygens (including phenoxy) is 1. The summed E-state index contributed by atoms with van der Waals surface area (Å²) in [5.41, 5.74) is 0.954. The maximum Gasteiger partial charge on any atom is 0.307 e. The van der Waals surface area contributed by atoms with Gasteiger partial charge < -0.3 is 4.74 Å². The Balaban J connectivity index is 2.67. The summed E-state index contributed by atoms with van der Waals surface area (Å²) in [6.07, 6.45) is 0.312. The molecule has 0 heterocycles. The average Bonchev–Trinajstić information content (AvgIpc) is 2.44. The normalized spacial score (nSPS) is 11.9. The summed E-state index contributed by atoms with van der Waals surface area (Å²) >= 11 is 0. The van der Waals surface area contributed by atoms with Crippen molar-refractivity contribution in [3.63, 3.8) is 0 Å². The molecule has 0 bridgehead atoms. The first kappa shape index (κ1) is 15.2. The molecular weight excluding hydrogens is 240 g/mol. The number of hydrogen-bond acceptors (Lipinski definition) is 4. The van der Waals surface area contributed by atoms with Gasteiger partial charge in [0.05, 0.1) is 19.1 Å². The molecule has 0 radical (unpaired) electrons. The van der Waals surface area contributed by atoms with E-state index in [4.69, 9.17) is 4.74 Å². The maximum atomic E-state index is 11.4. The molecule has 1 aromatic rings. The Morgan fingerprint density at radius 3 is 2.58 bits per heavy atom. The van der Waals surface area contributed by atoms with Gasteiger partial charge in [-0.05, 0) is 19.0 Å². The van der Waals surface area contributed by atoms with E-state index in [0.717, 1.165) is 5.56 Å². The Hall–Kier alpha value is -1.86. The zero-order valence-corrected chi connectivity index (χ0v) is 11.5. The van der Waals surface area contributed by atoms with Gasteiger partial charge in [0.25, 0.3) is 0 Å². The number of carbonyl (C=O) groups is 1. The van der Waals surface area contributed by atoms with Crippen LogP contribution in [0.4, 0.5) is 0 Å². The number of hydrogen-bond donors (Lipinski definition) is 0. The quantitative estimate of drug-likeness (QED) is 0.707. The van der Waals surface area contributed by atoms with Crippen molar-refractivity contribution in [1.29, 1.82) is 5.26 Å². The van der Waals surface area contributed by atoms with E-state index in [-0.39, 0.29) is 12.0 Å². The first-order valence-corrected chi connectivity index (χ1v) is 6.57. The molecule has 4 heteroatoms. The standard InChI is InChI=1S/C15H20N2O2/c1-3-17(11-10-15(18)19-4-2)14(12-16)13-8-6-5-7-9-13/h5-9,14H,3-4,10-11H2,1-2H3. The fourth-order valence-corrected chi connectivity index (χ4v) is 1.94. The van der Waals surface area contributed by atoms with Crippen LogP contribution in [0.1, 0.15) is 31.9 Å². The summed E-state index contributed by atoms with van der Waals surface area (Å²) in [5, 5.41) is 9.34. The highest BCUT2D eigenvalue weighted by Gasteiger charge is 2.19. The van der Waals surface area contributed by atoms with E-state index in [1.807, 2.05) is 42.2 Å². The maximum absolute atomic E-state index is 11.4. The highest BCUT2D eigenvalue weighted by molar-refractivity contribution is 5.69. The van der Waals surface area contributed by atoms with Gasteiger partial charge in [-0.25, -0.2) is 0 Å². The second-order valence-corrected chi connectivity index (χ2v) is 4.13. The number of benzene rings is 1. The van der Waals surface area contributed by atoms with Crippen LogP contribution >= 0.6 is 0 Å². The number of nitriles is 1. The number of esters is 1. The zero-order valence-electron chi connectivity index (χ0n) is 11.5. The van der Waals surface area contributed by atoms with Crippen molar-refractivity contribution < 1.29 is 9.53 Å². The molecule has 0 aliphatic heterocycles. The van der Waals surface area contributed by atoms with Crippen LogP contribution in [-0.2, 0) is 9.53 Å². The van der Waals surface area contributed by atoms with E-state index in [0.29, 0.717) is 26.1 Å². The summed E-state index contributed by atoms with van der Waals surface area (Å²) in [6, 6.07) is 11.6. The Bertz CT molecular complexity index is 426. The summed E-state index contributed by atoms with van der Waals surface area (Å²) in [7, 11) is 0. The Kier molecular flexibility index (Phi) is 6.62. The van der Waals surface area contributed by atoms with E-state index in [1.165, 1.54) is 0 Å².